The maximum Gasteiger partial charge on any atom is 0.0784 e. The fourth-order valence-corrected chi connectivity index (χ4v) is 1.20. The third kappa shape index (κ3) is 6.99. The van der Waals surface area contributed by atoms with E-state index < -0.39 is 0 Å². The van der Waals surface area contributed by atoms with Crippen molar-refractivity contribution in [3.63, 3.8) is 0 Å². The van der Waals surface area contributed by atoms with Crippen molar-refractivity contribution in [2.24, 2.45) is 0 Å². The van der Waals surface area contributed by atoms with Crippen molar-refractivity contribution in [3.8, 4) is 0 Å². The highest BCUT2D eigenvalue weighted by atomic mass is 16.5. The Labute approximate surface area is 81.8 Å². The van der Waals surface area contributed by atoms with Crippen molar-refractivity contribution in [2.75, 3.05) is 26.8 Å². The molecule has 0 aromatic carbocycles. The zero-order chi connectivity index (χ0) is 10.1. The smallest absolute Gasteiger partial charge is 0.0784 e. The summed E-state index contributed by atoms with van der Waals surface area (Å²) < 4.78 is 10.8. The Hall–Kier alpha value is -0.120. The normalized spacial score (nSPS) is 15.7. The lowest BCUT2D eigenvalue weighted by Gasteiger charge is -2.21. The number of methoxy groups -OCH3 is 1. The molecule has 3 heteroatoms. The Balaban J connectivity index is 3.56. The third-order valence-corrected chi connectivity index (χ3v) is 1.90. The predicted octanol–water partition coefficient (Wildman–Crippen LogP) is 1.43. The summed E-state index contributed by atoms with van der Waals surface area (Å²) in [4.78, 5) is 0. The summed E-state index contributed by atoms with van der Waals surface area (Å²) in [5.41, 5.74) is 0. The minimum absolute atomic E-state index is 0.189. The molecule has 80 valence electrons. The lowest BCUT2D eigenvalue weighted by atomic mass is 10.2. The Bertz CT molecular complexity index is 109. The number of hydrogen-bond donors (Lipinski definition) is 1. The van der Waals surface area contributed by atoms with E-state index in [1.165, 1.54) is 0 Å². The SMILES string of the molecule is CCNCC(CC)OC(C)COC. The standard InChI is InChI=1S/C10H23NO2/c1-5-10(7-11-6-2)13-9(3)8-12-4/h9-11H,5-8H2,1-4H3. The highest BCUT2D eigenvalue weighted by Crippen LogP contribution is 2.02. The van der Waals surface area contributed by atoms with E-state index in [9.17, 15) is 0 Å². The number of hydrogen-bond acceptors (Lipinski definition) is 3. The molecule has 0 spiro atoms. The molecule has 0 heterocycles. The van der Waals surface area contributed by atoms with Gasteiger partial charge in [0.2, 0.25) is 0 Å². The molecule has 3 nitrogen and oxygen atoms in total. The Kier molecular flexibility index (Phi) is 8.40. The topological polar surface area (TPSA) is 30.5 Å². The van der Waals surface area contributed by atoms with Crippen LogP contribution in [0.2, 0.25) is 0 Å². The van der Waals surface area contributed by atoms with E-state index in [2.05, 4.69) is 19.2 Å². The van der Waals surface area contributed by atoms with Gasteiger partial charge in [0.15, 0.2) is 0 Å². The van der Waals surface area contributed by atoms with Crippen LogP contribution in [0, 0.1) is 0 Å². The molecule has 1 N–H and O–H groups in total. The molecule has 13 heavy (non-hydrogen) atoms. The molecular weight excluding hydrogens is 166 g/mol. The van der Waals surface area contributed by atoms with Crippen molar-refractivity contribution >= 4 is 0 Å². The van der Waals surface area contributed by atoms with Crippen LogP contribution in [0.1, 0.15) is 27.2 Å². The fourth-order valence-electron chi connectivity index (χ4n) is 1.20. The van der Waals surface area contributed by atoms with Crippen molar-refractivity contribution in [2.45, 2.75) is 39.4 Å². The third-order valence-electron chi connectivity index (χ3n) is 1.90. The maximum atomic E-state index is 5.75. The minimum atomic E-state index is 0.189. The molecule has 0 bridgehead atoms. The van der Waals surface area contributed by atoms with Gasteiger partial charge < -0.3 is 14.8 Å². The summed E-state index contributed by atoms with van der Waals surface area (Å²) in [6.45, 7) is 8.88. The molecule has 0 amide bonds. The van der Waals surface area contributed by atoms with Gasteiger partial charge in [-0.15, -0.1) is 0 Å². The maximum absolute atomic E-state index is 5.75. The highest BCUT2D eigenvalue weighted by Gasteiger charge is 2.10. The first-order valence-corrected chi connectivity index (χ1v) is 5.09. The largest absolute Gasteiger partial charge is 0.382 e. The van der Waals surface area contributed by atoms with Crippen LogP contribution >= 0.6 is 0 Å². The zero-order valence-corrected chi connectivity index (χ0v) is 9.30. The van der Waals surface area contributed by atoms with Crippen molar-refractivity contribution in [1.82, 2.24) is 5.32 Å². The lowest BCUT2D eigenvalue weighted by Crippen LogP contribution is -2.32. The van der Waals surface area contributed by atoms with Gasteiger partial charge >= 0.3 is 0 Å². The zero-order valence-electron chi connectivity index (χ0n) is 9.30. The molecule has 0 aliphatic heterocycles. The van der Waals surface area contributed by atoms with E-state index in [1.807, 2.05) is 6.92 Å². The monoisotopic (exact) mass is 189 g/mol. The molecule has 0 fully saturated rings. The summed E-state index contributed by atoms with van der Waals surface area (Å²) in [5.74, 6) is 0. The average molecular weight is 189 g/mol. The number of rotatable bonds is 8. The summed E-state index contributed by atoms with van der Waals surface area (Å²) >= 11 is 0. The van der Waals surface area contributed by atoms with Gasteiger partial charge in [-0.1, -0.05) is 13.8 Å². The summed E-state index contributed by atoms with van der Waals surface area (Å²) in [6.07, 6.45) is 1.54. The van der Waals surface area contributed by atoms with Crippen LogP contribution < -0.4 is 5.32 Å². The van der Waals surface area contributed by atoms with E-state index in [1.54, 1.807) is 7.11 Å². The van der Waals surface area contributed by atoms with Crippen molar-refractivity contribution in [3.05, 3.63) is 0 Å². The Morgan fingerprint density at radius 1 is 1.31 bits per heavy atom. The van der Waals surface area contributed by atoms with E-state index in [0.717, 1.165) is 19.5 Å². The second-order valence-corrected chi connectivity index (χ2v) is 3.24. The van der Waals surface area contributed by atoms with Gasteiger partial charge in [0.1, 0.15) is 0 Å². The van der Waals surface area contributed by atoms with E-state index >= 15 is 0 Å². The average Bonchev–Trinajstić information content (AvgIpc) is 2.12. The second kappa shape index (κ2) is 8.48. The number of likely N-dealkylation sites (N-methyl/N-ethyl adjacent to an activating group) is 1. The molecule has 0 aliphatic carbocycles. The molecule has 0 saturated carbocycles. The predicted molar refractivity (Wildman–Crippen MR) is 55.0 cm³/mol. The van der Waals surface area contributed by atoms with E-state index in [4.69, 9.17) is 9.47 Å². The van der Waals surface area contributed by atoms with Gasteiger partial charge in [-0.05, 0) is 19.9 Å². The van der Waals surface area contributed by atoms with Crippen LogP contribution in [0.5, 0.6) is 0 Å². The van der Waals surface area contributed by atoms with Crippen molar-refractivity contribution < 1.29 is 9.47 Å². The van der Waals surface area contributed by atoms with Gasteiger partial charge in [-0.2, -0.15) is 0 Å². The van der Waals surface area contributed by atoms with Crippen LogP contribution in [0.15, 0.2) is 0 Å². The quantitative estimate of drug-likeness (QED) is 0.626. The highest BCUT2D eigenvalue weighted by molar-refractivity contribution is 4.61. The van der Waals surface area contributed by atoms with Gasteiger partial charge in [-0.25, -0.2) is 0 Å². The minimum Gasteiger partial charge on any atom is -0.382 e. The van der Waals surface area contributed by atoms with E-state index in [-0.39, 0.29) is 6.10 Å². The van der Waals surface area contributed by atoms with Gasteiger partial charge in [-0.3, -0.25) is 0 Å². The first-order chi connectivity index (χ1) is 6.24. The van der Waals surface area contributed by atoms with Crippen LogP contribution in [-0.2, 0) is 9.47 Å². The van der Waals surface area contributed by atoms with Gasteiger partial charge in [0.05, 0.1) is 18.8 Å². The Morgan fingerprint density at radius 3 is 2.46 bits per heavy atom. The van der Waals surface area contributed by atoms with Crippen LogP contribution in [0.3, 0.4) is 0 Å². The van der Waals surface area contributed by atoms with Gasteiger partial charge in [0, 0.05) is 13.7 Å². The molecule has 2 unspecified atom stereocenters. The molecule has 2 atom stereocenters. The summed E-state index contributed by atoms with van der Waals surface area (Å²) in [5, 5.41) is 3.28. The summed E-state index contributed by atoms with van der Waals surface area (Å²) in [6, 6.07) is 0. The number of ether oxygens (including phenoxy) is 2. The molecule has 0 saturated heterocycles. The molecule has 0 rings (SSSR count). The van der Waals surface area contributed by atoms with Gasteiger partial charge in [0.25, 0.3) is 0 Å². The molecular formula is C10H23NO2. The van der Waals surface area contributed by atoms with E-state index in [0.29, 0.717) is 12.7 Å². The second-order valence-electron chi connectivity index (χ2n) is 3.24. The Morgan fingerprint density at radius 2 is 2.00 bits per heavy atom. The molecule has 0 aromatic heterocycles. The first kappa shape index (κ1) is 12.9. The fraction of sp³-hybridized carbons (Fsp3) is 1.00. The molecule has 0 aromatic rings. The van der Waals surface area contributed by atoms with Crippen LogP contribution in [0.4, 0.5) is 0 Å². The van der Waals surface area contributed by atoms with Crippen LogP contribution in [0.25, 0.3) is 0 Å². The first-order valence-electron chi connectivity index (χ1n) is 5.09. The summed E-state index contributed by atoms with van der Waals surface area (Å²) in [7, 11) is 1.70. The molecule has 0 aliphatic rings. The van der Waals surface area contributed by atoms with Crippen molar-refractivity contribution in [1.29, 1.82) is 0 Å². The van der Waals surface area contributed by atoms with Crippen LogP contribution in [-0.4, -0.2) is 39.0 Å². The molecule has 0 radical (unpaired) electrons. The number of nitrogens with one attached hydrogen (secondary N) is 1. The lowest BCUT2D eigenvalue weighted by molar-refractivity contribution is -0.0387.